The smallest absolute Gasteiger partial charge is 0.273 e. The molecule has 0 aromatic heterocycles. The van der Waals surface area contributed by atoms with Crippen LogP contribution in [0.1, 0.15) is 23.7 Å². The van der Waals surface area contributed by atoms with E-state index in [-0.39, 0.29) is 16.7 Å². The van der Waals surface area contributed by atoms with Gasteiger partial charge in [-0.3, -0.25) is 15.0 Å². The lowest BCUT2D eigenvalue weighted by Crippen LogP contribution is -2.45. The van der Waals surface area contributed by atoms with Gasteiger partial charge < -0.3 is 9.84 Å². The molecule has 2 aromatic rings. The molecule has 0 bridgehead atoms. The monoisotopic (exact) mass is 342 g/mol. The predicted molar refractivity (Wildman–Crippen MR) is 94.1 cm³/mol. The van der Waals surface area contributed by atoms with Crippen LogP contribution in [0, 0.1) is 10.1 Å². The maximum atomic E-state index is 11.2. The molecule has 0 saturated carbocycles. The lowest BCUT2D eigenvalue weighted by Gasteiger charge is -2.36. The van der Waals surface area contributed by atoms with Crippen LogP contribution >= 0.6 is 0 Å². The first-order valence-corrected chi connectivity index (χ1v) is 8.42. The number of aliphatic hydroxyl groups excluding tert-OH is 1. The van der Waals surface area contributed by atoms with Crippen molar-refractivity contribution in [1.29, 1.82) is 0 Å². The summed E-state index contributed by atoms with van der Waals surface area (Å²) < 4.78 is 5.58. The Morgan fingerprint density at radius 2 is 1.92 bits per heavy atom. The van der Waals surface area contributed by atoms with Crippen LogP contribution in [-0.4, -0.2) is 40.7 Å². The number of hydrogen-bond acceptors (Lipinski definition) is 5. The summed E-state index contributed by atoms with van der Waals surface area (Å²) in [5.74, 6) is 0. The molecule has 25 heavy (non-hydrogen) atoms. The summed E-state index contributed by atoms with van der Waals surface area (Å²) in [6.07, 6.45) is -0.0499. The first-order valence-electron chi connectivity index (χ1n) is 8.42. The number of aliphatic hydroxyl groups is 1. The summed E-state index contributed by atoms with van der Waals surface area (Å²) in [6, 6.07) is 16.4. The molecule has 0 spiro atoms. The van der Waals surface area contributed by atoms with Gasteiger partial charge in [-0.25, -0.2) is 0 Å². The summed E-state index contributed by atoms with van der Waals surface area (Å²) in [4.78, 5) is 13.1. The molecule has 0 aliphatic carbocycles. The molecule has 1 aliphatic rings. The second kappa shape index (κ2) is 8.20. The molecule has 0 radical (unpaired) electrons. The average molecular weight is 342 g/mol. The van der Waals surface area contributed by atoms with Crippen molar-refractivity contribution in [2.24, 2.45) is 0 Å². The van der Waals surface area contributed by atoms with Gasteiger partial charge in [0.1, 0.15) is 0 Å². The molecule has 6 heteroatoms. The van der Waals surface area contributed by atoms with E-state index in [4.69, 9.17) is 4.74 Å². The molecule has 1 saturated heterocycles. The van der Waals surface area contributed by atoms with Crippen molar-refractivity contribution in [1.82, 2.24) is 4.90 Å². The molecule has 2 atom stereocenters. The van der Waals surface area contributed by atoms with E-state index in [1.165, 1.54) is 6.07 Å². The highest BCUT2D eigenvalue weighted by molar-refractivity contribution is 5.39. The van der Waals surface area contributed by atoms with E-state index in [2.05, 4.69) is 4.90 Å². The lowest BCUT2D eigenvalue weighted by molar-refractivity contribution is -0.385. The number of nitrogens with zero attached hydrogens (tertiary/aromatic N) is 2. The molecule has 1 fully saturated rings. The summed E-state index contributed by atoms with van der Waals surface area (Å²) in [6.45, 7) is 2.29. The zero-order valence-corrected chi connectivity index (χ0v) is 14.0. The first kappa shape index (κ1) is 17.5. The third-order valence-electron chi connectivity index (χ3n) is 4.59. The summed E-state index contributed by atoms with van der Waals surface area (Å²) in [5, 5.41) is 21.7. The normalized spacial score (nSPS) is 19.5. The molecular formula is C19H22N2O4. The fourth-order valence-corrected chi connectivity index (χ4v) is 3.22. The van der Waals surface area contributed by atoms with Crippen molar-refractivity contribution in [2.75, 3.05) is 19.8 Å². The molecule has 6 nitrogen and oxygen atoms in total. The second-order valence-electron chi connectivity index (χ2n) is 6.25. The maximum Gasteiger partial charge on any atom is 0.273 e. The van der Waals surface area contributed by atoms with Crippen LogP contribution in [0.2, 0.25) is 0 Å². The van der Waals surface area contributed by atoms with Gasteiger partial charge in [0.25, 0.3) is 5.69 Å². The van der Waals surface area contributed by atoms with Crippen molar-refractivity contribution in [3.05, 3.63) is 75.8 Å². The van der Waals surface area contributed by atoms with Gasteiger partial charge in [0, 0.05) is 30.8 Å². The number of morpholine rings is 1. The van der Waals surface area contributed by atoms with Gasteiger partial charge in [-0.1, -0.05) is 48.5 Å². The predicted octanol–water partition coefficient (Wildman–Crippen LogP) is 2.92. The molecule has 2 aromatic carbocycles. The Balaban J connectivity index is 1.72. The Morgan fingerprint density at radius 3 is 2.68 bits per heavy atom. The van der Waals surface area contributed by atoms with E-state index >= 15 is 0 Å². The molecule has 132 valence electrons. The quantitative estimate of drug-likeness (QED) is 0.645. The zero-order valence-electron chi connectivity index (χ0n) is 14.0. The van der Waals surface area contributed by atoms with Crippen LogP contribution in [0.25, 0.3) is 0 Å². The molecule has 0 amide bonds. The van der Waals surface area contributed by atoms with Crippen molar-refractivity contribution >= 4 is 5.69 Å². The molecule has 3 rings (SSSR count). The molecule has 0 unspecified atom stereocenters. The highest BCUT2D eigenvalue weighted by Gasteiger charge is 2.27. The van der Waals surface area contributed by atoms with Gasteiger partial charge in [-0.15, -0.1) is 0 Å². The van der Waals surface area contributed by atoms with Gasteiger partial charge in [0.05, 0.1) is 24.2 Å². The van der Waals surface area contributed by atoms with Gasteiger partial charge in [0.15, 0.2) is 0 Å². The van der Waals surface area contributed by atoms with E-state index in [0.29, 0.717) is 38.3 Å². The minimum absolute atomic E-state index is 0.0174. The third-order valence-corrected chi connectivity index (χ3v) is 4.59. The van der Waals surface area contributed by atoms with E-state index in [0.717, 1.165) is 5.56 Å². The van der Waals surface area contributed by atoms with Gasteiger partial charge in [-0.2, -0.15) is 0 Å². The molecule has 1 N–H and O–H groups in total. The fraction of sp³-hybridized carbons (Fsp3) is 0.368. The largest absolute Gasteiger partial charge is 0.388 e. The van der Waals surface area contributed by atoms with E-state index in [9.17, 15) is 15.2 Å². The minimum atomic E-state index is -0.582. The zero-order chi connectivity index (χ0) is 17.6. The van der Waals surface area contributed by atoms with Crippen molar-refractivity contribution in [3.63, 3.8) is 0 Å². The Hall–Kier alpha value is -2.28. The third kappa shape index (κ3) is 4.42. The second-order valence-corrected chi connectivity index (χ2v) is 6.25. The Morgan fingerprint density at radius 1 is 1.20 bits per heavy atom. The lowest BCUT2D eigenvalue weighted by atomic mass is 10.00. The minimum Gasteiger partial charge on any atom is -0.388 e. The fourth-order valence-electron chi connectivity index (χ4n) is 3.22. The highest BCUT2D eigenvalue weighted by atomic mass is 16.6. The Kier molecular flexibility index (Phi) is 5.75. The number of para-hydroxylation sites is 1. The van der Waals surface area contributed by atoms with Crippen molar-refractivity contribution in [2.45, 2.75) is 25.1 Å². The number of hydrogen-bond donors (Lipinski definition) is 1. The van der Waals surface area contributed by atoms with Crippen molar-refractivity contribution < 1.29 is 14.8 Å². The number of nitro benzene ring substituents is 1. The van der Waals surface area contributed by atoms with Crippen LogP contribution in [0.3, 0.4) is 0 Å². The standard InChI is InChI=1S/C19H22N2O4/c22-19(15-6-2-1-3-7-15)12-17-14-25-11-10-20(17)13-16-8-4-5-9-18(16)21(23)24/h1-9,17,19,22H,10-14H2/t17-,19-/m1/s1. The van der Waals surface area contributed by atoms with E-state index in [1.807, 2.05) is 36.4 Å². The number of nitro groups is 1. The van der Waals surface area contributed by atoms with Crippen LogP contribution in [0.15, 0.2) is 54.6 Å². The van der Waals surface area contributed by atoms with Crippen LogP contribution in [0.5, 0.6) is 0 Å². The topological polar surface area (TPSA) is 75.8 Å². The summed E-state index contributed by atoms with van der Waals surface area (Å²) in [7, 11) is 0. The van der Waals surface area contributed by atoms with E-state index in [1.54, 1.807) is 12.1 Å². The van der Waals surface area contributed by atoms with Crippen molar-refractivity contribution in [3.8, 4) is 0 Å². The summed E-state index contributed by atoms with van der Waals surface area (Å²) in [5.41, 5.74) is 1.70. The molecule has 1 heterocycles. The number of ether oxygens (including phenoxy) is 1. The molecular weight excluding hydrogens is 320 g/mol. The van der Waals surface area contributed by atoms with Gasteiger partial charge in [-0.05, 0) is 12.0 Å². The number of benzene rings is 2. The Labute approximate surface area is 146 Å². The van der Waals surface area contributed by atoms with Gasteiger partial charge in [0.2, 0.25) is 0 Å². The van der Waals surface area contributed by atoms with Gasteiger partial charge >= 0.3 is 0 Å². The highest BCUT2D eigenvalue weighted by Crippen LogP contribution is 2.26. The van der Waals surface area contributed by atoms with E-state index < -0.39 is 6.10 Å². The first-order chi connectivity index (χ1) is 12.1. The average Bonchev–Trinajstić information content (AvgIpc) is 2.64. The number of rotatable bonds is 6. The summed E-state index contributed by atoms with van der Waals surface area (Å²) >= 11 is 0. The van der Waals surface area contributed by atoms with Crippen LogP contribution < -0.4 is 0 Å². The molecule has 1 aliphatic heterocycles. The van der Waals surface area contributed by atoms with Crippen LogP contribution in [-0.2, 0) is 11.3 Å². The van der Waals surface area contributed by atoms with Crippen LogP contribution in [0.4, 0.5) is 5.69 Å². The SMILES string of the molecule is O=[N+]([O-])c1ccccc1CN1CCOC[C@H]1C[C@@H](O)c1ccccc1. The Bertz CT molecular complexity index is 708. The maximum absolute atomic E-state index is 11.2.